The average Bonchev–Trinajstić information content (AvgIpc) is 2.46. The summed E-state index contributed by atoms with van der Waals surface area (Å²) >= 11 is 0. The van der Waals surface area contributed by atoms with Crippen LogP contribution in [0.3, 0.4) is 0 Å². The Labute approximate surface area is 101 Å². The molecule has 0 aliphatic carbocycles. The summed E-state index contributed by atoms with van der Waals surface area (Å²) in [5.74, 6) is 0.216. The van der Waals surface area contributed by atoms with E-state index in [4.69, 9.17) is 4.74 Å². The van der Waals surface area contributed by atoms with Gasteiger partial charge in [-0.2, -0.15) is 5.10 Å². The van der Waals surface area contributed by atoms with Gasteiger partial charge < -0.3 is 10.1 Å². The molecule has 5 nitrogen and oxygen atoms in total. The van der Waals surface area contributed by atoms with Gasteiger partial charge in [-0.1, -0.05) is 0 Å². The van der Waals surface area contributed by atoms with Crippen molar-refractivity contribution in [3.05, 3.63) is 11.3 Å². The Kier molecular flexibility index (Phi) is 5.88. The topological polar surface area (TPSA) is 67.0 Å². The maximum atomic E-state index is 11.6. The summed E-state index contributed by atoms with van der Waals surface area (Å²) in [6.07, 6.45) is 0. The summed E-state index contributed by atoms with van der Waals surface area (Å²) in [6, 6.07) is 0.223. The van der Waals surface area contributed by atoms with E-state index < -0.39 is 0 Å². The number of halogens is 1. The van der Waals surface area contributed by atoms with Crippen LogP contribution in [0.1, 0.15) is 36.8 Å². The molecule has 1 aromatic rings. The van der Waals surface area contributed by atoms with Gasteiger partial charge in [-0.05, 0) is 27.7 Å². The van der Waals surface area contributed by atoms with Crippen LogP contribution < -0.4 is 5.32 Å². The second-order valence-corrected chi connectivity index (χ2v) is 3.59. The van der Waals surface area contributed by atoms with Crippen LogP contribution in [0.4, 0.5) is 5.82 Å². The number of aromatic nitrogens is 2. The fourth-order valence-corrected chi connectivity index (χ4v) is 1.26. The molecule has 1 rings (SSSR count). The SMILES string of the molecule is CCOC(=O)c1c(NC(C)C)n[nH]c1C.Cl. The zero-order valence-electron chi connectivity index (χ0n) is 9.96. The number of hydrogen-bond acceptors (Lipinski definition) is 4. The molecule has 0 fully saturated rings. The molecule has 92 valence electrons. The highest BCUT2D eigenvalue weighted by molar-refractivity contribution is 5.95. The summed E-state index contributed by atoms with van der Waals surface area (Å²) in [5.41, 5.74) is 1.21. The van der Waals surface area contributed by atoms with Crippen molar-refractivity contribution in [2.24, 2.45) is 0 Å². The van der Waals surface area contributed by atoms with Gasteiger partial charge in [0.05, 0.1) is 6.61 Å². The maximum absolute atomic E-state index is 11.6. The molecular formula is C10H18ClN3O2. The van der Waals surface area contributed by atoms with E-state index in [0.29, 0.717) is 18.0 Å². The van der Waals surface area contributed by atoms with Crippen LogP contribution in [0, 0.1) is 6.92 Å². The van der Waals surface area contributed by atoms with Crippen LogP contribution in [-0.2, 0) is 4.74 Å². The van der Waals surface area contributed by atoms with Gasteiger partial charge in [-0.15, -0.1) is 12.4 Å². The van der Waals surface area contributed by atoms with Crippen molar-refractivity contribution in [2.75, 3.05) is 11.9 Å². The summed E-state index contributed by atoms with van der Waals surface area (Å²) in [4.78, 5) is 11.6. The van der Waals surface area contributed by atoms with Gasteiger partial charge >= 0.3 is 5.97 Å². The number of carbonyl (C=O) groups excluding carboxylic acids is 1. The van der Waals surface area contributed by atoms with Gasteiger partial charge in [0, 0.05) is 11.7 Å². The second-order valence-electron chi connectivity index (χ2n) is 3.59. The first-order chi connectivity index (χ1) is 7.06. The molecule has 0 unspecified atom stereocenters. The maximum Gasteiger partial charge on any atom is 0.343 e. The van der Waals surface area contributed by atoms with E-state index in [9.17, 15) is 4.79 Å². The Balaban J connectivity index is 0.00000225. The van der Waals surface area contributed by atoms with Crippen LogP contribution in [-0.4, -0.2) is 28.8 Å². The van der Waals surface area contributed by atoms with Crippen molar-refractivity contribution < 1.29 is 9.53 Å². The molecule has 0 radical (unpaired) electrons. The molecule has 0 aliphatic heterocycles. The Bertz CT molecular complexity index is 350. The number of carbonyl (C=O) groups is 1. The Hall–Kier alpha value is -1.23. The molecule has 0 aliphatic rings. The summed E-state index contributed by atoms with van der Waals surface area (Å²) in [5, 5.41) is 9.88. The molecule has 16 heavy (non-hydrogen) atoms. The molecule has 6 heteroatoms. The number of hydrogen-bond donors (Lipinski definition) is 2. The van der Waals surface area contributed by atoms with Gasteiger partial charge in [0.15, 0.2) is 5.82 Å². The molecule has 0 amide bonds. The smallest absolute Gasteiger partial charge is 0.343 e. The van der Waals surface area contributed by atoms with E-state index in [2.05, 4.69) is 15.5 Å². The van der Waals surface area contributed by atoms with E-state index in [1.165, 1.54) is 0 Å². The molecule has 0 spiro atoms. The monoisotopic (exact) mass is 247 g/mol. The number of H-pyrrole nitrogens is 1. The van der Waals surface area contributed by atoms with Gasteiger partial charge in [-0.3, -0.25) is 5.10 Å². The van der Waals surface area contributed by atoms with Crippen molar-refractivity contribution in [2.45, 2.75) is 33.7 Å². The van der Waals surface area contributed by atoms with Gasteiger partial charge in [0.1, 0.15) is 5.56 Å². The lowest BCUT2D eigenvalue weighted by atomic mass is 10.2. The van der Waals surface area contributed by atoms with Crippen LogP contribution in [0.2, 0.25) is 0 Å². The van der Waals surface area contributed by atoms with Crippen LogP contribution in [0.5, 0.6) is 0 Å². The first kappa shape index (κ1) is 14.8. The molecule has 0 aromatic carbocycles. The Morgan fingerprint density at radius 1 is 1.56 bits per heavy atom. The fraction of sp³-hybridized carbons (Fsp3) is 0.600. The summed E-state index contributed by atoms with van der Waals surface area (Å²) < 4.78 is 4.95. The first-order valence-electron chi connectivity index (χ1n) is 5.04. The lowest BCUT2D eigenvalue weighted by molar-refractivity contribution is 0.0526. The molecule has 0 atom stereocenters. The van der Waals surface area contributed by atoms with Crippen LogP contribution in [0.15, 0.2) is 0 Å². The number of nitrogens with zero attached hydrogens (tertiary/aromatic N) is 1. The zero-order chi connectivity index (χ0) is 11.4. The Morgan fingerprint density at radius 2 is 2.19 bits per heavy atom. The van der Waals surface area contributed by atoms with Crippen molar-refractivity contribution in [1.82, 2.24) is 10.2 Å². The molecule has 2 N–H and O–H groups in total. The van der Waals surface area contributed by atoms with Crippen molar-refractivity contribution >= 4 is 24.2 Å². The highest BCUT2D eigenvalue weighted by Crippen LogP contribution is 2.17. The van der Waals surface area contributed by atoms with E-state index in [0.717, 1.165) is 5.69 Å². The number of ether oxygens (including phenoxy) is 1. The van der Waals surface area contributed by atoms with Crippen LogP contribution in [0.25, 0.3) is 0 Å². The third-order valence-electron chi connectivity index (χ3n) is 1.85. The van der Waals surface area contributed by atoms with Crippen molar-refractivity contribution in [3.63, 3.8) is 0 Å². The highest BCUT2D eigenvalue weighted by Gasteiger charge is 2.19. The molecule has 0 saturated carbocycles. The van der Waals surface area contributed by atoms with Crippen LogP contribution >= 0.6 is 12.4 Å². The number of nitrogens with one attached hydrogen (secondary N) is 2. The largest absolute Gasteiger partial charge is 0.462 e. The molecular weight excluding hydrogens is 230 g/mol. The van der Waals surface area contributed by atoms with Gasteiger partial charge in [0.25, 0.3) is 0 Å². The van der Waals surface area contributed by atoms with E-state index in [-0.39, 0.29) is 24.4 Å². The molecule has 0 saturated heterocycles. The Morgan fingerprint density at radius 3 is 2.69 bits per heavy atom. The standard InChI is InChI=1S/C10H17N3O2.ClH/c1-5-15-10(14)8-7(4)12-13-9(8)11-6(2)3;/h6H,5H2,1-4H3,(H2,11,12,13);1H. The van der Waals surface area contributed by atoms with E-state index >= 15 is 0 Å². The van der Waals surface area contributed by atoms with Crippen molar-refractivity contribution in [1.29, 1.82) is 0 Å². The van der Waals surface area contributed by atoms with Gasteiger partial charge in [0.2, 0.25) is 0 Å². The molecule has 1 aromatic heterocycles. The number of esters is 1. The predicted octanol–water partition coefficient (Wildman–Crippen LogP) is 2.14. The normalized spacial score (nSPS) is 9.81. The first-order valence-corrected chi connectivity index (χ1v) is 5.04. The minimum Gasteiger partial charge on any atom is -0.462 e. The van der Waals surface area contributed by atoms with E-state index in [1.807, 2.05) is 13.8 Å². The average molecular weight is 248 g/mol. The lowest BCUT2D eigenvalue weighted by Crippen LogP contribution is -2.14. The molecule has 1 heterocycles. The summed E-state index contributed by atoms with van der Waals surface area (Å²) in [6.45, 7) is 7.91. The van der Waals surface area contributed by atoms with Gasteiger partial charge in [-0.25, -0.2) is 4.79 Å². The predicted molar refractivity (Wildman–Crippen MR) is 65.3 cm³/mol. The zero-order valence-corrected chi connectivity index (χ0v) is 10.8. The summed E-state index contributed by atoms with van der Waals surface area (Å²) in [7, 11) is 0. The fourth-order valence-electron chi connectivity index (χ4n) is 1.26. The quantitative estimate of drug-likeness (QED) is 0.800. The number of rotatable bonds is 4. The second kappa shape index (κ2) is 6.37. The third-order valence-corrected chi connectivity index (χ3v) is 1.85. The number of aryl methyl sites for hydroxylation is 1. The number of aromatic amines is 1. The minimum atomic E-state index is -0.341. The minimum absolute atomic E-state index is 0. The van der Waals surface area contributed by atoms with E-state index in [1.54, 1.807) is 13.8 Å². The van der Waals surface area contributed by atoms with Crippen molar-refractivity contribution in [3.8, 4) is 0 Å². The highest BCUT2D eigenvalue weighted by atomic mass is 35.5. The third kappa shape index (κ3) is 3.41. The number of anilines is 1. The lowest BCUT2D eigenvalue weighted by Gasteiger charge is -2.08. The molecule has 0 bridgehead atoms.